The second-order valence-corrected chi connectivity index (χ2v) is 5.33. The van der Waals surface area contributed by atoms with Crippen molar-refractivity contribution in [1.82, 2.24) is 4.98 Å². The average molecular weight is 344 g/mol. The standard InChI is InChI=1S/C18H14ClNO4/c19-14-7-4-8-15(9-14)22-12-18(21)23-11-17-20-10-16(24-17)13-5-2-1-3-6-13/h1-10H,11-12H2. The molecule has 0 saturated carbocycles. The van der Waals surface area contributed by atoms with Gasteiger partial charge in [0, 0.05) is 10.6 Å². The maximum absolute atomic E-state index is 11.7. The molecule has 1 heterocycles. The van der Waals surface area contributed by atoms with Crippen LogP contribution in [0.2, 0.25) is 5.02 Å². The Labute approximate surface area is 143 Å². The monoisotopic (exact) mass is 343 g/mol. The second kappa shape index (κ2) is 7.66. The van der Waals surface area contributed by atoms with E-state index in [0.717, 1.165) is 5.56 Å². The van der Waals surface area contributed by atoms with Crippen LogP contribution < -0.4 is 4.74 Å². The molecule has 0 radical (unpaired) electrons. The molecule has 0 N–H and O–H groups in total. The lowest BCUT2D eigenvalue weighted by molar-refractivity contribution is -0.148. The Kier molecular flexibility index (Phi) is 5.13. The minimum absolute atomic E-state index is 0.0510. The van der Waals surface area contributed by atoms with Crippen molar-refractivity contribution in [2.45, 2.75) is 6.61 Å². The number of nitrogens with zero attached hydrogens (tertiary/aromatic N) is 1. The number of benzene rings is 2. The number of oxazole rings is 1. The number of halogens is 1. The summed E-state index contributed by atoms with van der Waals surface area (Å²) in [6.07, 6.45) is 1.60. The molecule has 5 nitrogen and oxygen atoms in total. The van der Waals surface area contributed by atoms with Crippen molar-refractivity contribution in [3.8, 4) is 17.1 Å². The zero-order valence-corrected chi connectivity index (χ0v) is 13.4. The average Bonchev–Trinajstić information content (AvgIpc) is 3.08. The van der Waals surface area contributed by atoms with E-state index in [1.807, 2.05) is 30.3 Å². The highest BCUT2D eigenvalue weighted by molar-refractivity contribution is 6.30. The molecule has 1 aromatic heterocycles. The molecule has 2 aromatic carbocycles. The Balaban J connectivity index is 1.49. The minimum Gasteiger partial charge on any atom is -0.482 e. The first-order chi connectivity index (χ1) is 11.7. The molecule has 24 heavy (non-hydrogen) atoms. The van der Waals surface area contributed by atoms with Crippen molar-refractivity contribution in [2.75, 3.05) is 6.61 Å². The summed E-state index contributed by atoms with van der Waals surface area (Å²) in [7, 11) is 0. The largest absolute Gasteiger partial charge is 0.482 e. The van der Waals surface area contributed by atoms with Crippen LogP contribution >= 0.6 is 11.6 Å². The lowest BCUT2D eigenvalue weighted by Gasteiger charge is -2.06. The van der Waals surface area contributed by atoms with Gasteiger partial charge in [-0.15, -0.1) is 0 Å². The van der Waals surface area contributed by atoms with E-state index in [1.165, 1.54) is 0 Å². The summed E-state index contributed by atoms with van der Waals surface area (Å²) in [6.45, 7) is -0.267. The van der Waals surface area contributed by atoms with Gasteiger partial charge < -0.3 is 13.9 Å². The molecule has 0 aliphatic carbocycles. The summed E-state index contributed by atoms with van der Waals surface area (Å²) in [5.74, 6) is 0.929. The first-order valence-electron chi connectivity index (χ1n) is 7.25. The molecule has 0 bridgehead atoms. The summed E-state index contributed by atoms with van der Waals surface area (Å²) in [4.78, 5) is 15.8. The quantitative estimate of drug-likeness (QED) is 0.630. The number of hydrogen-bond acceptors (Lipinski definition) is 5. The Bertz CT molecular complexity index is 817. The zero-order valence-electron chi connectivity index (χ0n) is 12.6. The van der Waals surface area contributed by atoms with E-state index in [2.05, 4.69) is 4.98 Å². The first kappa shape index (κ1) is 16.1. The Morgan fingerprint density at radius 2 is 1.96 bits per heavy atom. The van der Waals surface area contributed by atoms with Crippen LogP contribution in [0.4, 0.5) is 0 Å². The zero-order chi connectivity index (χ0) is 16.8. The molecule has 122 valence electrons. The van der Waals surface area contributed by atoms with Gasteiger partial charge in [0.1, 0.15) is 5.75 Å². The van der Waals surface area contributed by atoms with Crippen LogP contribution in [0.15, 0.2) is 65.2 Å². The molecule has 0 atom stereocenters. The highest BCUT2D eigenvalue weighted by Crippen LogP contribution is 2.20. The molecule has 0 amide bonds. The van der Waals surface area contributed by atoms with Crippen LogP contribution in [0.3, 0.4) is 0 Å². The van der Waals surface area contributed by atoms with Crippen molar-refractivity contribution >= 4 is 17.6 Å². The van der Waals surface area contributed by atoms with Gasteiger partial charge in [-0.1, -0.05) is 48.0 Å². The SMILES string of the molecule is O=C(COc1cccc(Cl)c1)OCc1ncc(-c2ccccc2)o1. The van der Waals surface area contributed by atoms with Gasteiger partial charge in [-0.05, 0) is 18.2 Å². The van der Waals surface area contributed by atoms with Crippen molar-refractivity contribution < 1.29 is 18.7 Å². The molecule has 3 aromatic rings. The summed E-state index contributed by atoms with van der Waals surface area (Å²) in [6, 6.07) is 16.3. The molecule has 0 unspecified atom stereocenters. The molecular weight excluding hydrogens is 330 g/mol. The van der Waals surface area contributed by atoms with Crippen LogP contribution in [-0.4, -0.2) is 17.6 Å². The molecule has 6 heteroatoms. The molecule has 0 aliphatic rings. The maximum Gasteiger partial charge on any atom is 0.344 e. The van der Waals surface area contributed by atoms with E-state index in [-0.39, 0.29) is 13.2 Å². The fourth-order valence-corrected chi connectivity index (χ4v) is 2.18. The Hall–Kier alpha value is -2.79. The number of ether oxygens (including phenoxy) is 2. The summed E-state index contributed by atoms with van der Waals surface area (Å²) in [5.41, 5.74) is 0.909. The number of carbonyl (C=O) groups excluding carboxylic acids is 1. The van der Waals surface area contributed by atoms with Crippen LogP contribution in [0, 0.1) is 0 Å². The normalized spacial score (nSPS) is 10.4. The van der Waals surface area contributed by atoms with Crippen molar-refractivity contribution in [1.29, 1.82) is 0 Å². The highest BCUT2D eigenvalue weighted by Gasteiger charge is 2.10. The predicted molar refractivity (Wildman–Crippen MR) is 88.7 cm³/mol. The van der Waals surface area contributed by atoms with E-state index >= 15 is 0 Å². The van der Waals surface area contributed by atoms with Crippen LogP contribution in [0.25, 0.3) is 11.3 Å². The minimum atomic E-state index is -0.519. The molecule has 0 spiro atoms. The number of hydrogen-bond donors (Lipinski definition) is 0. The second-order valence-electron chi connectivity index (χ2n) is 4.89. The number of carbonyl (C=O) groups is 1. The molecule has 3 rings (SSSR count). The van der Waals surface area contributed by atoms with Crippen molar-refractivity contribution in [2.24, 2.45) is 0 Å². The maximum atomic E-state index is 11.7. The number of esters is 1. The Morgan fingerprint density at radius 3 is 2.75 bits per heavy atom. The third-order valence-electron chi connectivity index (χ3n) is 3.12. The summed E-state index contributed by atoms with van der Waals surface area (Å²) < 4.78 is 15.9. The van der Waals surface area contributed by atoms with E-state index in [4.69, 9.17) is 25.5 Å². The van der Waals surface area contributed by atoms with Gasteiger partial charge in [-0.25, -0.2) is 9.78 Å². The van der Waals surface area contributed by atoms with Gasteiger partial charge >= 0.3 is 5.97 Å². The molecule has 0 aliphatic heterocycles. The molecule has 0 fully saturated rings. The van der Waals surface area contributed by atoms with E-state index in [1.54, 1.807) is 30.5 Å². The topological polar surface area (TPSA) is 61.6 Å². The van der Waals surface area contributed by atoms with Crippen LogP contribution in [-0.2, 0) is 16.1 Å². The van der Waals surface area contributed by atoms with E-state index < -0.39 is 5.97 Å². The van der Waals surface area contributed by atoms with Gasteiger partial charge in [-0.3, -0.25) is 0 Å². The fraction of sp³-hybridized carbons (Fsp3) is 0.111. The van der Waals surface area contributed by atoms with Gasteiger partial charge in [0.05, 0.1) is 6.20 Å². The lowest BCUT2D eigenvalue weighted by Crippen LogP contribution is -2.14. The first-order valence-corrected chi connectivity index (χ1v) is 7.62. The van der Waals surface area contributed by atoms with Crippen LogP contribution in [0.5, 0.6) is 5.75 Å². The summed E-state index contributed by atoms with van der Waals surface area (Å²) >= 11 is 5.84. The smallest absolute Gasteiger partial charge is 0.344 e. The van der Waals surface area contributed by atoms with Crippen molar-refractivity contribution in [3.05, 3.63) is 71.7 Å². The predicted octanol–water partition coefficient (Wildman–Crippen LogP) is 4.12. The van der Waals surface area contributed by atoms with Crippen LogP contribution in [0.1, 0.15) is 5.89 Å². The Morgan fingerprint density at radius 1 is 1.12 bits per heavy atom. The van der Waals surface area contributed by atoms with E-state index in [0.29, 0.717) is 22.4 Å². The van der Waals surface area contributed by atoms with Gasteiger partial charge in [0.2, 0.25) is 5.89 Å². The highest BCUT2D eigenvalue weighted by atomic mass is 35.5. The number of aromatic nitrogens is 1. The third kappa shape index (κ3) is 4.36. The van der Waals surface area contributed by atoms with Crippen molar-refractivity contribution in [3.63, 3.8) is 0 Å². The molecule has 0 saturated heterocycles. The van der Waals surface area contributed by atoms with Gasteiger partial charge in [0.25, 0.3) is 0 Å². The van der Waals surface area contributed by atoms with E-state index in [9.17, 15) is 4.79 Å². The third-order valence-corrected chi connectivity index (χ3v) is 3.36. The fourth-order valence-electron chi connectivity index (χ4n) is 2.00. The summed E-state index contributed by atoms with van der Waals surface area (Å²) in [5, 5.41) is 0.536. The lowest BCUT2D eigenvalue weighted by atomic mass is 10.2. The number of rotatable bonds is 6. The van der Waals surface area contributed by atoms with Gasteiger partial charge in [-0.2, -0.15) is 0 Å². The molecular formula is C18H14ClNO4. The van der Waals surface area contributed by atoms with Gasteiger partial charge in [0.15, 0.2) is 19.0 Å².